The zero-order chi connectivity index (χ0) is 24.9. The van der Waals surface area contributed by atoms with Gasteiger partial charge in [-0.3, -0.25) is 9.10 Å². The summed E-state index contributed by atoms with van der Waals surface area (Å²) in [7, 11) is 0.353. The molecule has 0 bridgehead atoms. The van der Waals surface area contributed by atoms with Crippen LogP contribution in [0.1, 0.15) is 12.5 Å². The van der Waals surface area contributed by atoms with Gasteiger partial charge < -0.3 is 24.3 Å². The van der Waals surface area contributed by atoms with Crippen LogP contribution in [0.4, 0.5) is 5.69 Å². The predicted molar refractivity (Wildman–Crippen MR) is 130 cm³/mol. The van der Waals surface area contributed by atoms with Crippen molar-refractivity contribution >= 4 is 27.2 Å². The molecule has 0 aromatic heterocycles. The summed E-state index contributed by atoms with van der Waals surface area (Å²) in [6.45, 7) is 5.47. The van der Waals surface area contributed by atoms with Gasteiger partial charge in [-0.2, -0.15) is 0 Å². The molecule has 3 rings (SSSR count). The largest absolute Gasteiger partial charge is 0.497 e. The van der Waals surface area contributed by atoms with Gasteiger partial charge in [0.25, 0.3) is 15.9 Å². The van der Waals surface area contributed by atoms with Gasteiger partial charge in [-0.15, -0.1) is 6.58 Å². The lowest BCUT2D eigenvalue weighted by atomic mass is 10.0. The molecule has 9 nitrogen and oxygen atoms in total. The molecule has 1 N–H and O–H groups in total. The highest BCUT2D eigenvalue weighted by atomic mass is 32.2. The van der Waals surface area contributed by atoms with E-state index in [-0.39, 0.29) is 24.6 Å². The number of nitrogens with zero attached hydrogens (tertiary/aromatic N) is 1. The molecule has 0 atom stereocenters. The van der Waals surface area contributed by atoms with Crippen LogP contribution in [0.5, 0.6) is 23.0 Å². The summed E-state index contributed by atoms with van der Waals surface area (Å²) in [4.78, 5) is 12.7. The minimum Gasteiger partial charge on any atom is -0.497 e. The third-order valence-electron chi connectivity index (χ3n) is 5.26. The van der Waals surface area contributed by atoms with E-state index in [1.807, 2.05) is 0 Å². The fourth-order valence-corrected chi connectivity index (χ4v) is 5.37. The first-order chi connectivity index (χ1) is 16.3. The zero-order valence-corrected chi connectivity index (χ0v) is 20.4. The average Bonchev–Trinajstić information content (AvgIpc) is 2.83. The Morgan fingerprint density at radius 3 is 2.38 bits per heavy atom. The number of benzene rings is 2. The number of hydrogen-bond donors (Lipinski definition) is 1. The van der Waals surface area contributed by atoms with Gasteiger partial charge in [0.1, 0.15) is 18.1 Å². The summed E-state index contributed by atoms with van der Waals surface area (Å²) >= 11 is 0. The molecule has 0 saturated carbocycles. The molecular weight excluding hydrogens is 460 g/mol. The lowest BCUT2D eigenvalue weighted by molar-refractivity contribution is -0.116. The van der Waals surface area contributed by atoms with Crippen molar-refractivity contribution in [1.29, 1.82) is 0 Å². The number of sulfonamides is 1. The topological polar surface area (TPSA) is 103 Å². The number of amides is 1. The Labute approximate surface area is 199 Å². The van der Waals surface area contributed by atoms with E-state index in [1.54, 1.807) is 50.4 Å². The molecule has 0 saturated heterocycles. The van der Waals surface area contributed by atoms with Crippen LogP contribution in [0, 0.1) is 0 Å². The van der Waals surface area contributed by atoms with Crippen molar-refractivity contribution in [2.24, 2.45) is 0 Å². The van der Waals surface area contributed by atoms with Gasteiger partial charge in [0.15, 0.2) is 16.4 Å². The Morgan fingerprint density at radius 2 is 1.74 bits per heavy atom. The van der Waals surface area contributed by atoms with Crippen molar-refractivity contribution in [3.8, 4) is 23.0 Å². The molecule has 1 aliphatic heterocycles. The summed E-state index contributed by atoms with van der Waals surface area (Å²) in [5.74, 6) is 1.29. The number of hydrogen-bond acceptors (Lipinski definition) is 7. The van der Waals surface area contributed by atoms with Crippen LogP contribution in [-0.2, 0) is 14.8 Å². The van der Waals surface area contributed by atoms with Crippen molar-refractivity contribution in [2.45, 2.75) is 6.92 Å². The molecule has 10 heteroatoms. The number of allylic oxidation sites excluding steroid dienone is 1. The van der Waals surface area contributed by atoms with Gasteiger partial charge in [-0.05, 0) is 30.7 Å². The summed E-state index contributed by atoms with van der Waals surface area (Å²) in [5.41, 5.74) is 1.24. The number of methoxy groups -OCH3 is 3. The number of fused-ring (bicyclic) bond motifs is 1. The maximum atomic E-state index is 13.4. The molecule has 2 aromatic rings. The van der Waals surface area contributed by atoms with Crippen molar-refractivity contribution in [2.75, 3.05) is 45.3 Å². The number of ether oxygens (including phenoxy) is 4. The fourth-order valence-electron chi connectivity index (χ4n) is 3.64. The number of anilines is 1. The monoisotopic (exact) mass is 488 g/mol. The van der Waals surface area contributed by atoms with E-state index in [4.69, 9.17) is 18.9 Å². The maximum absolute atomic E-state index is 13.4. The van der Waals surface area contributed by atoms with Gasteiger partial charge in [-0.1, -0.05) is 12.1 Å². The van der Waals surface area contributed by atoms with Crippen molar-refractivity contribution < 1.29 is 32.2 Å². The second-order valence-corrected chi connectivity index (χ2v) is 9.09. The Balaban J connectivity index is 1.88. The van der Waals surface area contributed by atoms with E-state index in [1.165, 1.54) is 20.3 Å². The molecule has 182 valence electrons. The first-order valence-corrected chi connectivity index (χ1v) is 11.9. The number of carbonyl (C=O) groups is 1. The number of rotatable bonds is 10. The van der Waals surface area contributed by atoms with Gasteiger partial charge in [-0.25, -0.2) is 8.42 Å². The number of nitrogens with one attached hydrogen (secondary N) is 1. The molecule has 0 spiro atoms. The molecule has 2 aromatic carbocycles. The molecule has 1 aliphatic rings. The van der Waals surface area contributed by atoms with E-state index in [2.05, 4.69) is 11.9 Å². The highest BCUT2D eigenvalue weighted by Gasteiger charge is 2.39. The van der Waals surface area contributed by atoms with Crippen LogP contribution in [0.15, 0.2) is 54.0 Å². The van der Waals surface area contributed by atoms with Gasteiger partial charge in [0.05, 0.1) is 40.1 Å². The summed E-state index contributed by atoms with van der Waals surface area (Å²) < 4.78 is 49.5. The van der Waals surface area contributed by atoms with E-state index in [0.29, 0.717) is 39.8 Å². The second kappa shape index (κ2) is 10.5. The Bertz CT molecular complexity index is 1220. The Kier molecular flexibility index (Phi) is 7.72. The minimum absolute atomic E-state index is 0.0200. The molecule has 34 heavy (non-hydrogen) atoms. The molecule has 1 heterocycles. The van der Waals surface area contributed by atoms with Crippen LogP contribution in [0.25, 0.3) is 5.57 Å². The van der Waals surface area contributed by atoms with Gasteiger partial charge in [0.2, 0.25) is 0 Å². The van der Waals surface area contributed by atoms with Crippen molar-refractivity contribution in [3.63, 3.8) is 0 Å². The minimum atomic E-state index is -4.16. The smallest absolute Gasteiger partial charge is 0.270 e. The molecule has 1 amide bonds. The standard InChI is InChI=1S/C24H28N2O7S/c1-6-11-26-20-15-22(32-5)21(31-4)14-19(20)16(2)23(34(26,28)29)24(27)25-10-12-33-18-9-7-8-17(13-18)30-3/h6-9,13-15H,1,10-12H2,2-5H3,(H,25,27). The molecule has 0 fully saturated rings. The third-order valence-corrected chi connectivity index (χ3v) is 7.20. The van der Waals surface area contributed by atoms with Crippen molar-refractivity contribution in [1.82, 2.24) is 5.32 Å². The first-order valence-electron chi connectivity index (χ1n) is 10.4. The van der Waals surface area contributed by atoms with Gasteiger partial charge >= 0.3 is 0 Å². The summed E-state index contributed by atoms with van der Waals surface area (Å²) in [6, 6.07) is 10.3. The maximum Gasteiger partial charge on any atom is 0.270 e. The molecule has 0 radical (unpaired) electrons. The average molecular weight is 489 g/mol. The summed E-state index contributed by atoms with van der Waals surface area (Å²) in [6.07, 6.45) is 1.45. The number of carbonyl (C=O) groups excluding carboxylic acids is 1. The molecule has 0 aliphatic carbocycles. The highest BCUT2D eigenvalue weighted by Crippen LogP contribution is 2.44. The Hall–Kier alpha value is -3.66. The van der Waals surface area contributed by atoms with Gasteiger partial charge in [0, 0.05) is 17.7 Å². The first kappa shape index (κ1) is 25.0. The quantitative estimate of drug-likeness (QED) is 0.405. The SMILES string of the molecule is C=CCN1c2cc(OC)c(OC)cc2C(C)=C(C(=O)NCCOc2cccc(OC)c2)S1(=O)=O. The second-order valence-electron chi connectivity index (χ2n) is 7.29. The highest BCUT2D eigenvalue weighted by molar-refractivity contribution is 7.97. The Morgan fingerprint density at radius 1 is 1.06 bits per heavy atom. The van der Waals surface area contributed by atoms with E-state index < -0.39 is 15.9 Å². The van der Waals surface area contributed by atoms with E-state index >= 15 is 0 Å². The fraction of sp³-hybridized carbons (Fsp3) is 0.292. The lowest BCUT2D eigenvalue weighted by Crippen LogP contribution is -2.42. The normalized spacial score (nSPS) is 14.2. The van der Waals surface area contributed by atoms with Crippen LogP contribution >= 0.6 is 0 Å². The van der Waals surface area contributed by atoms with E-state index in [0.717, 1.165) is 4.31 Å². The molecule has 0 unspecified atom stereocenters. The third kappa shape index (κ3) is 4.81. The predicted octanol–water partition coefficient (Wildman–Crippen LogP) is 2.97. The van der Waals surface area contributed by atoms with Crippen molar-refractivity contribution in [3.05, 3.63) is 59.5 Å². The van der Waals surface area contributed by atoms with Crippen LogP contribution < -0.4 is 28.6 Å². The molecular formula is C24H28N2O7S. The lowest BCUT2D eigenvalue weighted by Gasteiger charge is -2.32. The summed E-state index contributed by atoms with van der Waals surface area (Å²) in [5, 5.41) is 2.64. The van der Waals surface area contributed by atoms with Crippen LogP contribution in [0.3, 0.4) is 0 Å². The van der Waals surface area contributed by atoms with E-state index in [9.17, 15) is 13.2 Å². The van der Waals surface area contributed by atoms with Crippen LogP contribution in [-0.4, -0.2) is 55.4 Å². The van der Waals surface area contributed by atoms with Crippen LogP contribution in [0.2, 0.25) is 0 Å². The zero-order valence-electron chi connectivity index (χ0n) is 19.6.